The van der Waals surface area contributed by atoms with Crippen molar-refractivity contribution in [1.29, 1.82) is 0 Å². The number of carbonyl (C=O) groups excluding carboxylic acids is 1. The van der Waals surface area contributed by atoms with Crippen LogP contribution in [0.3, 0.4) is 0 Å². The summed E-state index contributed by atoms with van der Waals surface area (Å²) in [5.41, 5.74) is 0.982. The number of rotatable bonds is 5. The molecule has 1 N–H and O–H groups in total. The summed E-state index contributed by atoms with van der Waals surface area (Å²) in [6.07, 6.45) is 3.77. The van der Waals surface area contributed by atoms with E-state index in [4.69, 9.17) is 4.74 Å². The molecule has 0 aliphatic carbocycles. The first-order valence-electron chi connectivity index (χ1n) is 7.46. The van der Waals surface area contributed by atoms with Crippen LogP contribution in [0.4, 0.5) is 11.4 Å². The molecule has 3 aromatic rings. The van der Waals surface area contributed by atoms with E-state index in [9.17, 15) is 14.9 Å². The Morgan fingerprint density at radius 3 is 2.52 bits per heavy atom. The van der Waals surface area contributed by atoms with Crippen molar-refractivity contribution in [3.63, 3.8) is 0 Å². The fourth-order valence-electron chi connectivity index (χ4n) is 2.51. The number of aromatic nitrogens is 1. The van der Waals surface area contributed by atoms with Gasteiger partial charge in [-0.05, 0) is 42.5 Å². The maximum absolute atomic E-state index is 12.5. The van der Waals surface area contributed by atoms with Crippen LogP contribution in [-0.2, 0) is 0 Å². The number of nitrogens with zero attached hydrogens (tertiary/aromatic N) is 2. The molecule has 7 heteroatoms. The fourth-order valence-corrected chi connectivity index (χ4v) is 2.51. The third-order valence-electron chi connectivity index (χ3n) is 3.65. The molecule has 1 heterocycles. The van der Waals surface area contributed by atoms with Gasteiger partial charge in [0.1, 0.15) is 5.56 Å². The highest BCUT2D eigenvalue weighted by molar-refractivity contribution is 6.07. The maximum Gasteiger partial charge on any atom is 0.323 e. The number of anilines is 1. The third-order valence-corrected chi connectivity index (χ3v) is 3.65. The molecule has 126 valence electrons. The van der Waals surface area contributed by atoms with Crippen molar-refractivity contribution in [2.75, 3.05) is 12.4 Å². The molecule has 0 unspecified atom stereocenters. The number of amides is 1. The second kappa shape index (κ2) is 6.88. The van der Waals surface area contributed by atoms with Gasteiger partial charge in [-0.3, -0.25) is 14.9 Å². The van der Waals surface area contributed by atoms with E-state index < -0.39 is 10.8 Å². The van der Waals surface area contributed by atoms with Gasteiger partial charge in [0.25, 0.3) is 5.91 Å². The molecule has 0 saturated heterocycles. The molecule has 0 aliphatic rings. The fraction of sp³-hybridized carbons (Fsp3) is 0.0556. The molecule has 0 aliphatic heterocycles. The van der Waals surface area contributed by atoms with Gasteiger partial charge in [-0.2, -0.15) is 0 Å². The van der Waals surface area contributed by atoms with E-state index >= 15 is 0 Å². The van der Waals surface area contributed by atoms with Gasteiger partial charge < -0.3 is 14.6 Å². The number of hydrogen-bond acceptors (Lipinski definition) is 4. The first-order valence-corrected chi connectivity index (χ1v) is 7.46. The van der Waals surface area contributed by atoms with Crippen LogP contribution in [0.15, 0.2) is 67.0 Å². The quantitative estimate of drug-likeness (QED) is 0.569. The summed E-state index contributed by atoms with van der Waals surface area (Å²) in [7, 11) is 1.32. The maximum atomic E-state index is 12.5. The Labute approximate surface area is 143 Å². The number of hydrogen-bond donors (Lipinski definition) is 1. The topological polar surface area (TPSA) is 86.4 Å². The van der Waals surface area contributed by atoms with Crippen LogP contribution in [0.25, 0.3) is 5.69 Å². The van der Waals surface area contributed by atoms with E-state index in [1.807, 2.05) is 35.2 Å². The third kappa shape index (κ3) is 3.35. The van der Waals surface area contributed by atoms with E-state index in [1.165, 1.54) is 25.3 Å². The predicted octanol–water partition coefficient (Wildman–Crippen LogP) is 3.65. The average molecular weight is 337 g/mol. The van der Waals surface area contributed by atoms with Gasteiger partial charge in [0.15, 0.2) is 5.75 Å². The van der Waals surface area contributed by atoms with Crippen molar-refractivity contribution in [1.82, 2.24) is 4.57 Å². The smallest absolute Gasteiger partial charge is 0.323 e. The number of nitrogens with one attached hydrogen (secondary N) is 1. The number of ether oxygens (including phenoxy) is 1. The van der Waals surface area contributed by atoms with E-state index in [2.05, 4.69) is 5.32 Å². The Hall–Kier alpha value is -3.61. The highest BCUT2D eigenvalue weighted by Crippen LogP contribution is 2.31. The summed E-state index contributed by atoms with van der Waals surface area (Å²) in [6.45, 7) is 0. The summed E-state index contributed by atoms with van der Waals surface area (Å²) in [5.74, 6) is -0.533. The Kier molecular flexibility index (Phi) is 4.47. The van der Waals surface area contributed by atoms with Crippen LogP contribution in [0, 0.1) is 10.1 Å². The summed E-state index contributed by atoms with van der Waals surface area (Å²) < 4.78 is 6.88. The van der Waals surface area contributed by atoms with Crippen molar-refractivity contribution >= 4 is 17.3 Å². The molecule has 0 atom stereocenters. The average Bonchev–Trinajstić information content (AvgIpc) is 3.15. The second-order valence-corrected chi connectivity index (χ2v) is 5.21. The van der Waals surface area contributed by atoms with Crippen LogP contribution in [0.5, 0.6) is 5.75 Å². The zero-order chi connectivity index (χ0) is 17.8. The Morgan fingerprint density at radius 2 is 1.84 bits per heavy atom. The number of methoxy groups -OCH3 is 1. The first kappa shape index (κ1) is 16.3. The normalized spacial score (nSPS) is 10.3. The van der Waals surface area contributed by atoms with Gasteiger partial charge in [-0.25, -0.2) is 0 Å². The van der Waals surface area contributed by atoms with Gasteiger partial charge in [0.05, 0.1) is 12.0 Å². The minimum absolute atomic E-state index is 0.0405. The standard InChI is InChI=1S/C18H15N3O4/c1-25-16-9-5-8-15(17(16)21(23)24)18(22)19-13-6-4-7-14(12-13)20-10-2-3-11-20/h2-12H,1H3,(H,19,22). The van der Waals surface area contributed by atoms with Crippen LogP contribution in [-0.4, -0.2) is 22.5 Å². The molecule has 1 amide bonds. The molecule has 1 aromatic heterocycles. The highest BCUT2D eigenvalue weighted by Gasteiger charge is 2.25. The van der Waals surface area contributed by atoms with E-state index in [0.717, 1.165) is 5.69 Å². The van der Waals surface area contributed by atoms with Gasteiger partial charge in [0, 0.05) is 23.8 Å². The number of nitro benzene ring substituents is 1. The van der Waals surface area contributed by atoms with Crippen LogP contribution < -0.4 is 10.1 Å². The van der Waals surface area contributed by atoms with E-state index in [1.54, 1.807) is 18.2 Å². The molecule has 0 saturated carbocycles. The molecule has 0 spiro atoms. The monoisotopic (exact) mass is 337 g/mol. The van der Waals surface area contributed by atoms with Crippen LogP contribution in [0.2, 0.25) is 0 Å². The lowest BCUT2D eigenvalue weighted by Gasteiger charge is -2.10. The molecular formula is C18H15N3O4. The lowest BCUT2D eigenvalue weighted by Crippen LogP contribution is -2.14. The largest absolute Gasteiger partial charge is 0.490 e. The predicted molar refractivity (Wildman–Crippen MR) is 93.4 cm³/mol. The molecule has 0 fully saturated rings. The molecule has 0 radical (unpaired) electrons. The van der Waals surface area contributed by atoms with Crippen molar-refractivity contribution in [2.45, 2.75) is 0 Å². The van der Waals surface area contributed by atoms with Crippen LogP contribution >= 0.6 is 0 Å². The SMILES string of the molecule is COc1cccc(C(=O)Nc2cccc(-n3cccc3)c2)c1[N+](=O)[O-]. The number of para-hydroxylation sites is 1. The van der Waals surface area contributed by atoms with Gasteiger partial charge in [-0.1, -0.05) is 12.1 Å². The van der Waals surface area contributed by atoms with Crippen molar-refractivity contribution in [2.24, 2.45) is 0 Å². The number of nitro groups is 1. The second-order valence-electron chi connectivity index (χ2n) is 5.21. The molecule has 25 heavy (non-hydrogen) atoms. The van der Waals surface area contributed by atoms with Gasteiger partial charge >= 0.3 is 5.69 Å². The molecule has 3 rings (SSSR count). The number of benzene rings is 2. The molecule has 2 aromatic carbocycles. The molecule has 7 nitrogen and oxygen atoms in total. The lowest BCUT2D eigenvalue weighted by molar-refractivity contribution is -0.386. The van der Waals surface area contributed by atoms with Crippen molar-refractivity contribution < 1.29 is 14.5 Å². The zero-order valence-corrected chi connectivity index (χ0v) is 13.4. The lowest BCUT2D eigenvalue weighted by atomic mass is 10.1. The van der Waals surface area contributed by atoms with Crippen LogP contribution in [0.1, 0.15) is 10.4 Å². The minimum atomic E-state index is -0.621. The number of carbonyl (C=O) groups is 1. The Morgan fingerprint density at radius 1 is 1.12 bits per heavy atom. The molecular weight excluding hydrogens is 322 g/mol. The summed E-state index contributed by atoms with van der Waals surface area (Å²) in [4.78, 5) is 23.2. The Balaban J connectivity index is 1.91. The minimum Gasteiger partial charge on any atom is -0.490 e. The summed E-state index contributed by atoms with van der Waals surface area (Å²) >= 11 is 0. The van der Waals surface area contributed by atoms with Gasteiger partial charge in [-0.15, -0.1) is 0 Å². The van der Waals surface area contributed by atoms with Crippen molar-refractivity contribution in [3.05, 3.63) is 82.7 Å². The zero-order valence-electron chi connectivity index (χ0n) is 13.4. The Bertz CT molecular complexity index is 920. The van der Waals surface area contributed by atoms with Crippen molar-refractivity contribution in [3.8, 4) is 11.4 Å². The summed E-state index contributed by atoms with van der Waals surface area (Å²) in [6, 6.07) is 15.4. The van der Waals surface area contributed by atoms with E-state index in [-0.39, 0.29) is 17.0 Å². The summed E-state index contributed by atoms with van der Waals surface area (Å²) in [5, 5.41) is 14.0. The van der Waals surface area contributed by atoms with E-state index in [0.29, 0.717) is 5.69 Å². The first-order chi connectivity index (χ1) is 12.1. The highest BCUT2D eigenvalue weighted by atomic mass is 16.6. The molecule has 0 bridgehead atoms. The van der Waals surface area contributed by atoms with Gasteiger partial charge in [0.2, 0.25) is 0 Å².